The summed E-state index contributed by atoms with van der Waals surface area (Å²) in [6.45, 7) is 0. The van der Waals surface area contributed by atoms with Crippen LogP contribution in [0.4, 0.5) is 0 Å². The Bertz CT molecular complexity index is 1520. The second kappa shape index (κ2) is 5.85. The van der Waals surface area contributed by atoms with E-state index in [9.17, 15) is 0 Å². The molecule has 1 nitrogen and oxygen atoms in total. The third-order valence-electron chi connectivity index (χ3n) is 5.51. The van der Waals surface area contributed by atoms with Gasteiger partial charge in [-0.3, -0.25) is 0 Å². The maximum absolute atomic E-state index is 6.61. The van der Waals surface area contributed by atoms with Crippen molar-refractivity contribution in [3.8, 4) is 11.1 Å². The fourth-order valence-corrected chi connectivity index (χ4v) is 4.50. The number of benzene rings is 5. The molecule has 132 valence electrons. The van der Waals surface area contributed by atoms with Crippen molar-refractivity contribution in [3.05, 3.63) is 96.0 Å². The molecular formula is C26H15ClO. The minimum absolute atomic E-state index is 0.767. The van der Waals surface area contributed by atoms with Crippen molar-refractivity contribution in [1.29, 1.82) is 0 Å². The highest BCUT2D eigenvalue weighted by atomic mass is 35.5. The smallest absolute Gasteiger partial charge is 0.143 e. The largest absolute Gasteiger partial charge is 0.455 e. The third kappa shape index (κ3) is 2.20. The van der Waals surface area contributed by atoms with Gasteiger partial charge in [-0.25, -0.2) is 0 Å². The van der Waals surface area contributed by atoms with Gasteiger partial charge in [0.2, 0.25) is 0 Å². The van der Waals surface area contributed by atoms with Crippen molar-refractivity contribution in [2.24, 2.45) is 0 Å². The van der Waals surface area contributed by atoms with E-state index in [-0.39, 0.29) is 0 Å². The Hall–Kier alpha value is -3.29. The Morgan fingerprint density at radius 2 is 1.39 bits per heavy atom. The molecule has 1 aromatic heterocycles. The lowest BCUT2D eigenvalue weighted by Crippen LogP contribution is -1.82. The first-order chi connectivity index (χ1) is 13.8. The zero-order valence-corrected chi connectivity index (χ0v) is 15.7. The Kier molecular flexibility index (Phi) is 3.29. The van der Waals surface area contributed by atoms with Crippen LogP contribution in [0.2, 0.25) is 5.02 Å². The topological polar surface area (TPSA) is 13.1 Å². The summed E-state index contributed by atoms with van der Waals surface area (Å²) < 4.78 is 6.31. The van der Waals surface area contributed by atoms with Crippen molar-refractivity contribution in [3.63, 3.8) is 0 Å². The normalized spacial score (nSPS) is 11.8. The summed E-state index contributed by atoms with van der Waals surface area (Å²) in [4.78, 5) is 0. The van der Waals surface area contributed by atoms with E-state index in [0.717, 1.165) is 54.2 Å². The van der Waals surface area contributed by atoms with Crippen molar-refractivity contribution in [2.45, 2.75) is 0 Å². The fourth-order valence-electron chi connectivity index (χ4n) is 4.21. The van der Waals surface area contributed by atoms with E-state index in [1.165, 1.54) is 5.39 Å². The molecule has 0 fully saturated rings. The first-order valence-electron chi connectivity index (χ1n) is 9.31. The number of hydrogen-bond acceptors (Lipinski definition) is 1. The number of fused-ring (bicyclic) bond motifs is 6. The van der Waals surface area contributed by atoms with Gasteiger partial charge >= 0.3 is 0 Å². The summed E-state index contributed by atoms with van der Waals surface area (Å²) in [5, 5.41) is 7.57. The van der Waals surface area contributed by atoms with Crippen molar-refractivity contribution in [2.75, 3.05) is 0 Å². The Balaban J connectivity index is 1.73. The van der Waals surface area contributed by atoms with Gasteiger partial charge in [0.1, 0.15) is 11.2 Å². The molecule has 0 radical (unpaired) electrons. The second-order valence-corrected chi connectivity index (χ2v) is 7.53. The predicted molar refractivity (Wildman–Crippen MR) is 119 cm³/mol. The van der Waals surface area contributed by atoms with E-state index in [4.69, 9.17) is 16.0 Å². The average molecular weight is 379 g/mol. The lowest BCUT2D eigenvalue weighted by atomic mass is 9.96. The maximum Gasteiger partial charge on any atom is 0.143 e. The molecular weight excluding hydrogens is 364 g/mol. The predicted octanol–water partition coefficient (Wildman–Crippen LogP) is 8.21. The molecule has 28 heavy (non-hydrogen) atoms. The molecule has 0 bridgehead atoms. The van der Waals surface area contributed by atoms with E-state index >= 15 is 0 Å². The van der Waals surface area contributed by atoms with E-state index in [0.29, 0.717) is 0 Å². The van der Waals surface area contributed by atoms with Crippen molar-refractivity contribution < 1.29 is 4.42 Å². The van der Waals surface area contributed by atoms with Crippen LogP contribution in [0.1, 0.15) is 0 Å². The summed E-state index contributed by atoms with van der Waals surface area (Å²) in [6.07, 6.45) is 0. The monoisotopic (exact) mass is 378 g/mol. The van der Waals surface area contributed by atoms with Gasteiger partial charge in [0.15, 0.2) is 0 Å². The Morgan fingerprint density at radius 1 is 0.607 bits per heavy atom. The number of furan rings is 1. The molecule has 0 saturated heterocycles. The summed E-state index contributed by atoms with van der Waals surface area (Å²) in [5.41, 5.74) is 4.07. The van der Waals surface area contributed by atoms with Crippen molar-refractivity contribution >= 4 is 55.1 Å². The van der Waals surface area contributed by atoms with Gasteiger partial charge in [0.05, 0.1) is 0 Å². The average Bonchev–Trinajstić information content (AvgIpc) is 3.13. The minimum atomic E-state index is 0.767. The molecule has 5 aromatic carbocycles. The summed E-state index contributed by atoms with van der Waals surface area (Å²) in [5.74, 6) is 0. The number of hydrogen-bond donors (Lipinski definition) is 0. The molecule has 6 aromatic rings. The number of halogens is 1. The van der Waals surface area contributed by atoms with Crippen LogP contribution < -0.4 is 0 Å². The highest BCUT2D eigenvalue weighted by Gasteiger charge is 2.15. The minimum Gasteiger partial charge on any atom is -0.455 e. The van der Waals surface area contributed by atoms with Gasteiger partial charge < -0.3 is 4.42 Å². The maximum atomic E-state index is 6.61. The quantitative estimate of drug-likeness (QED) is 0.281. The van der Waals surface area contributed by atoms with E-state index in [2.05, 4.69) is 66.7 Å². The van der Waals surface area contributed by atoms with Gasteiger partial charge in [-0.15, -0.1) is 0 Å². The summed E-state index contributed by atoms with van der Waals surface area (Å²) >= 11 is 6.61. The van der Waals surface area contributed by atoms with Crippen LogP contribution >= 0.6 is 11.6 Å². The molecule has 2 heteroatoms. The summed E-state index contributed by atoms with van der Waals surface area (Å²) in [7, 11) is 0. The van der Waals surface area contributed by atoms with Gasteiger partial charge in [-0.1, -0.05) is 78.3 Å². The molecule has 0 amide bonds. The standard InChI is InChI=1S/C26H15ClO/c27-23-15-18(14-17-7-2-3-8-19(17)23)20-10-5-11-24-25(20)22-13-12-16-6-1-4-9-21(16)26(22)28-24/h1-15H. The van der Waals surface area contributed by atoms with Crippen LogP contribution in [-0.2, 0) is 0 Å². The second-order valence-electron chi connectivity index (χ2n) is 7.12. The van der Waals surface area contributed by atoms with Crippen LogP contribution in [0.15, 0.2) is 95.4 Å². The van der Waals surface area contributed by atoms with E-state index < -0.39 is 0 Å². The highest BCUT2D eigenvalue weighted by molar-refractivity contribution is 6.36. The van der Waals surface area contributed by atoms with Crippen LogP contribution in [0, 0.1) is 0 Å². The number of rotatable bonds is 1. The van der Waals surface area contributed by atoms with Gasteiger partial charge in [0, 0.05) is 26.6 Å². The molecule has 0 aliphatic heterocycles. The highest BCUT2D eigenvalue weighted by Crippen LogP contribution is 2.40. The molecule has 1 heterocycles. The summed E-state index contributed by atoms with van der Waals surface area (Å²) in [6, 6.07) is 31.4. The van der Waals surface area contributed by atoms with E-state index in [1.807, 2.05) is 24.3 Å². The SMILES string of the molecule is Clc1cc(-c2cccc3oc4c5ccccc5ccc4c23)cc2ccccc12. The van der Waals surface area contributed by atoms with Crippen LogP contribution in [-0.4, -0.2) is 0 Å². The Morgan fingerprint density at radius 3 is 2.29 bits per heavy atom. The fraction of sp³-hybridized carbons (Fsp3) is 0. The van der Waals surface area contributed by atoms with Gasteiger partial charge in [-0.2, -0.15) is 0 Å². The molecule has 6 rings (SSSR count). The molecule has 0 unspecified atom stereocenters. The molecule has 0 atom stereocenters. The van der Waals surface area contributed by atoms with Crippen LogP contribution in [0.3, 0.4) is 0 Å². The molecule has 0 aliphatic rings. The molecule has 0 aliphatic carbocycles. The van der Waals surface area contributed by atoms with Gasteiger partial charge in [0.25, 0.3) is 0 Å². The lowest BCUT2D eigenvalue weighted by molar-refractivity contribution is 0.673. The zero-order valence-electron chi connectivity index (χ0n) is 14.9. The molecule has 0 spiro atoms. The zero-order chi connectivity index (χ0) is 18.7. The molecule has 0 saturated carbocycles. The van der Waals surface area contributed by atoms with Gasteiger partial charge in [-0.05, 0) is 46.2 Å². The van der Waals surface area contributed by atoms with Crippen LogP contribution in [0.25, 0.3) is 54.6 Å². The Labute approximate surface area is 166 Å². The van der Waals surface area contributed by atoms with Crippen molar-refractivity contribution in [1.82, 2.24) is 0 Å². The first kappa shape index (κ1) is 15.7. The lowest BCUT2D eigenvalue weighted by Gasteiger charge is -2.08. The third-order valence-corrected chi connectivity index (χ3v) is 5.82. The molecule has 0 N–H and O–H groups in total. The van der Waals surface area contributed by atoms with E-state index in [1.54, 1.807) is 0 Å². The first-order valence-corrected chi connectivity index (χ1v) is 9.69. The van der Waals surface area contributed by atoms with Crippen LogP contribution in [0.5, 0.6) is 0 Å².